The first-order chi connectivity index (χ1) is 21.3. The van der Waals surface area contributed by atoms with Crippen molar-refractivity contribution in [3.63, 3.8) is 0 Å². The highest BCUT2D eigenvalue weighted by molar-refractivity contribution is 7.72. The Labute approximate surface area is 273 Å². The van der Waals surface area contributed by atoms with Gasteiger partial charge in [0.25, 0.3) is 0 Å². The summed E-state index contributed by atoms with van der Waals surface area (Å²) in [6.07, 6.45) is 2.28. The van der Waals surface area contributed by atoms with Gasteiger partial charge in [0, 0.05) is 30.3 Å². The Morgan fingerprint density at radius 3 is 2.09 bits per heavy atom. The standard InChI is InChI=1S/C20H30N2Si2.C17H19N2OP/c1-16-11-10-12-17(2)20(16)22-15-21(23(3,4)5)18-13-8-9-14-19(18)24(22,6)7;1-21(20)16-11-5-7-14-8-6-12-18(17(14)16)13-19(21)15-9-3-2-4-10-15/h8-14H,15H2,1-7H3;2-5,7,9-11H,6,8,12-13H2,1H3. The van der Waals surface area contributed by atoms with Crippen LogP contribution in [-0.4, -0.2) is 43.0 Å². The van der Waals surface area contributed by atoms with E-state index in [9.17, 15) is 4.57 Å². The van der Waals surface area contributed by atoms with E-state index in [-0.39, 0.29) is 0 Å². The van der Waals surface area contributed by atoms with Gasteiger partial charge < -0.3 is 18.7 Å². The van der Waals surface area contributed by atoms with Gasteiger partial charge in [0.05, 0.1) is 24.3 Å². The van der Waals surface area contributed by atoms with Gasteiger partial charge in [-0.3, -0.25) is 4.57 Å². The van der Waals surface area contributed by atoms with Gasteiger partial charge in [0.2, 0.25) is 7.29 Å². The lowest BCUT2D eigenvalue weighted by Gasteiger charge is -2.53. The van der Waals surface area contributed by atoms with Crippen LogP contribution in [0.15, 0.2) is 91.0 Å². The molecule has 7 rings (SSSR count). The second-order valence-corrected chi connectivity index (χ2v) is 26.2. The molecule has 4 aromatic carbocycles. The Hall–Kier alpha value is -3.26. The third kappa shape index (κ3) is 5.68. The number of benzene rings is 4. The van der Waals surface area contributed by atoms with E-state index in [0.717, 1.165) is 37.3 Å². The zero-order chi connectivity index (χ0) is 32.1. The van der Waals surface area contributed by atoms with Crippen molar-refractivity contribution in [2.75, 3.05) is 45.2 Å². The van der Waals surface area contributed by atoms with Crippen molar-refractivity contribution in [1.82, 2.24) is 0 Å². The molecule has 3 heterocycles. The summed E-state index contributed by atoms with van der Waals surface area (Å²) in [6, 6.07) is 32.2. The normalized spacial score (nSPS) is 20.2. The van der Waals surface area contributed by atoms with Gasteiger partial charge in [-0.2, -0.15) is 0 Å². The van der Waals surface area contributed by atoms with Gasteiger partial charge in [-0.05, 0) is 85.9 Å². The van der Waals surface area contributed by atoms with Gasteiger partial charge in [-0.1, -0.05) is 86.4 Å². The van der Waals surface area contributed by atoms with Crippen LogP contribution in [0.3, 0.4) is 0 Å². The van der Waals surface area contributed by atoms with E-state index < -0.39 is 23.8 Å². The Morgan fingerprint density at radius 2 is 1.40 bits per heavy atom. The van der Waals surface area contributed by atoms with Crippen LogP contribution in [-0.2, 0) is 11.0 Å². The van der Waals surface area contributed by atoms with Gasteiger partial charge in [-0.25, -0.2) is 0 Å². The lowest BCUT2D eigenvalue weighted by Crippen LogP contribution is -2.70. The Balaban J connectivity index is 0.000000160. The molecule has 3 aliphatic rings. The molecule has 0 saturated carbocycles. The molecular weight excluding hydrogens is 604 g/mol. The van der Waals surface area contributed by atoms with Gasteiger partial charge in [0.15, 0.2) is 8.24 Å². The highest BCUT2D eigenvalue weighted by Crippen LogP contribution is 2.53. The molecule has 0 radical (unpaired) electrons. The zero-order valence-corrected chi connectivity index (χ0v) is 31.2. The summed E-state index contributed by atoms with van der Waals surface area (Å²) < 4.78 is 21.1. The monoisotopic (exact) mass is 652 g/mol. The maximum absolute atomic E-state index is 13.5. The summed E-state index contributed by atoms with van der Waals surface area (Å²) in [5.74, 6) is 0. The number of aryl methyl sites for hydroxylation is 3. The first-order valence-corrected chi connectivity index (χ1v) is 24.8. The Kier molecular flexibility index (Phi) is 8.34. The fourth-order valence-corrected chi connectivity index (χ4v) is 14.5. The second-order valence-electron chi connectivity index (χ2n) is 14.4. The van der Waals surface area contributed by atoms with Crippen molar-refractivity contribution in [3.05, 3.63) is 108 Å². The van der Waals surface area contributed by atoms with E-state index in [1.165, 1.54) is 40.2 Å². The molecule has 236 valence electrons. The van der Waals surface area contributed by atoms with Crippen molar-refractivity contribution < 1.29 is 4.57 Å². The number of anilines is 4. The number of nitrogens with zero attached hydrogens (tertiary/aromatic N) is 4. The molecule has 0 bridgehead atoms. The fourth-order valence-electron chi connectivity index (χ4n) is 7.43. The fraction of sp³-hybridized carbons (Fsp3) is 0.351. The highest BCUT2D eigenvalue weighted by atomic mass is 31.2. The number of fused-ring (bicyclic) bond motifs is 1. The smallest absolute Gasteiger partial charge is 0.201 e. The minimum Gasteiger partial charge on any atom is -0.382 e. The molecule has 3 aliphatic heterocycles. The topological polar surface area (TPSA) is 30.0 Å². The zero-order valence-electron chi connectivity index (χ0n) is 28.3. The molecule has 0 aliphatic carbocycles. The molecule has 45 heavy (non-hydrogen) atoms. The minimum absolute atomic E-state index is 0.724. The van der Waals surface area contributed by atoms with E-state index in [1.54, 1.807) is 5.19 Å². The quantitative estimate of drug-likeness (QED) is 0.164. The maximum atomic E-state index is 13.5. The van der Waals surface area contributed by atoms with Crippen LogP contribution in [0, 0.1) is 13.8 Å². The average molecular weight is 653 g/mol. The minimum atomic E-state index is -2.56. The van der Waals surface area contributed by atoms with Crippen molar-refractivity contribution in [3.8, 4) is 0 Å². The summed E-state index contributed by atoms with van der Waals surface area (Å²) >= 11 is 0. The molecule has 4 aromatic rings. The predicted molar refractivity (Wildman–Crippen MR) is 202 cm³/mol. The number of hydrogen-bond donors (Lipinski definition) is 0. The van der Waals surface area contributed by atoms with Gasteiger partial charge in [0.1, 0.15) is 8.24 Å². The SMILES string of the molecule is CP1(=O)c2cccc3c2N(CCC3)CN1c1ccccc1.Cc1cccc(C)c1N1CN([Si](C)(C)C)c2ccccc2[Si]1(C)C. The van der Waals surface area contributed by atoms with E-state index in [2.05, 4.69) is 132 Å². The van der Waals surface area contributed by atoms with Crippen LogP contribution in [0.5, 0.6) is 0 Å². The molecule has 5 nitrogen and oxygen atoms in total. The van der Waals surface area contributed by atoms with Crippen LogP contribution in [0.4, 0.5) is 22.7 Å². The molecule has 0 N–H and O–H groups in total. The summed E-state index contributed by atoms with van der Waals surface area (Å²) in [6.45, 7) is 21.6. The molecule has 0 spiro atoms. The van der Waals surface area contributed by atoms with Crippen molar-refractivity contribution in [2.45, 2.75) is 59.4 Å². The van der Waals surface area contributed by atoms with Crippen molar-refractivity contribution in [1.29, 1.82) is 0 Å². The Morgan fingerprint density at radius 1 is 0.756 bits per heavy atom. The van der Waals surface area contributed by atoms with E-state index in [0.29, 0.717) is 0 Å². The highest BCUT2D eigenvalue weighted by Gasteiger charge is 2.44. The third-order valence-electron chi connectivity index (χ3n) is 9.89. The van der Waals surface area contributed by atoms with Gasteiger partial charge in [-0.15, -0.1) is 0 Å². The molecule has 1 atom stereocenters. The number of rotatable bonds is 3. The summed E-state index contributed by atoms with van der Waals surface area (Å²) in [5.41, 5.74) is 9.36. The average Bonchev–Trinajstić information content (AvgIpc) is 3.00. The summed E-state index contributed by atoms with van der Waals surface area (Å²) in [5, 5.41) is 2.59. The first-order valence-electron chi connectivity index (χ1n) is 16.3. The summed E-state index contributed by atoms with van der Waals surface area (Å²) in [4.78, 5) is 2.39. The summed E-state index contributed by atoms with van der Waals surface area (Å²) in [7, 11) is -5.78. The van der Waals surface area contributed by atoms with E-state index in [1.807, 2.05) is 30.9 Å². The van der Waals surface area contributed by atoms with E-state index >= 15 is 0 Å². The molecule has 0 saturated heterocycles. The number of para-hydroxylation sites is 4. The van der Waals surface area contributed by atoms with Crippen LogP contribution < -0.4 is 29.2 Å². The van der Waals surface area contributed by atoms with Gasteiger partial charge >= 0.3 is 0 Å². The number of hydrogen-bond acceptors (Lipinski definition) is 4. The lowest BCUT2D eigenvalue weighted by atomic mass is 10.0. The molecule has 0 aromatic heterocycles. The largest absolute Gasteiger partial charge is 0.382 e. The first kappa shape index (κ1) is 31.7. The Bertz CT molecular complexity index is 1730. The maximum Gasteiger partial charge on any atom is 0.201 e. The van der Waals surface area contributed by atoms with Crippen LogP contribution >= 0.6 is 7.29 Å². The lowest BCUT2D eigenvalue weighted by molar-refractivity contribution is 0.576. The molecular formula is C37H49N4OPSi2. The molecule has 8 heteroatoms. The van der Waals surface area contributed by atoms with Crippen LogP contribution in [0.25, 0.3) is 0 Å². The molecule has 0 amide bonds. The van der Waals surface area contributed by atoms with E-state index in [4.69, 9.17) is 0 Å². The molecule has 1 unspecified atom stereocenters. The van der Waals surface area contributed by atoms with Crippen molar-refractivity contribution in [2.24, 2.45) is 0 Å². The second kappa shape index (κ2) is 11.8. The van der Waals surface area contributed by atoms with Crippen LogP contribution in [0.2, 0.25) is 32.7 Å². The van der Waals surface area contributed by atoms with Crippen LogP contribution in [0.1, 0.15) is 23.1 Å². The van der Waals surface area contributed by atoms with Crippen molar-refractivity contribution >= 4 is 57.0 Å². The molecule has 0 fully saturated rings. The predicted octanol–water partition coefficient (Wildman–Crippen LogP) is 8.28. The third-order valence-corrected chi connectivity index (χ3v) is 17.9.